The molecule has 0 saturated heterocycles. The summed E-state index contributed by atoms with van der Waals surface area (Å²) < 4.78 is 0. The molecular formula is C20H21N3O2. The Morgan fingerprint density at radius 2 is 1.84 bits per heavy atom. The van der Waals surface area contributed by atoms with Crippen LogP contribution in [0.1, 0.15) is 29.3 Å². The van der Waals surface area contributed by atoms with Crippen LogP contribution in [-0.2, 0) is 4.79 Å². The molecule has 0 spiro atoms. The van der Waals surface area contributed by atoms with Crippen molar-refractivity contribution in [1.82, 2.24) is 10.2 Å². The van der Waals surface area contributed by atoms with Gasteiger partial charge in [-0.1, -0.05) is 24.3 Å². The van der Waals surface area contributed by atoms with E-state index in [1.807, 2.05) is 37.3 Å². The van der Waals surface area contributed by atoms with E-state index in [4.69, 9.17) is 5.26 Å². The molecule has 2 aromatic rings. The molecule has 0 aliphatic carbocycles. The molecule has 1 atom stereocenters. The minimum atomic E-state index is -0.195. The number of hydrogen-bond donors (Lipinski definition) is 1. The van der Waals surface area contributed by atoms with Crippen molar-refractivity contribution in [3.8, 4) is 17.2 Å². The average molecular weight is 335 g/mol. The first-order chi connectivity index (χ1) is 12.0. The highest BCUT2D eigenvalue weighted by Crippen LogP contribution is 2.21. The summed E-state index contributed by atoms with van der Waals surface area (Å²) in [5.74, 6) is -0.228. The van der Waals surface area contributed by atoms with E-state index in [0.29, 0.717) is 11.1 Å². The summed E-state index contributed by atoms with van der Waals surface area (Å²) in [6, 6.07) is 16.5. The number of nitrogens with zero attached hydrogens (tertiary/aromatic N) is 2. The van der Waals surface area contributed by atoms with Crippen molar-refractivity contribution in [3.63, 3.8) is 0 Å². The van der Waals surface area contributed by atoms with Crippen molar-refractivity contribution in [3.05, 3.63) is 59.7 Å². The van der Waals surface area contributed by atoms with Gasteiger partial charge in [-0.05, 0) is 42.3 Å². The number of rotatable bonds is 5. The van der Waals surface area contributed by atoms with Crippen LogP contribution >= 0.6 is 0 Å². The van der Waals surface area contributed by atoms with Crippen molar-refractivity contribution in [1.29, 1.82) is 5.26 Å². The Morgan fingerprint density at radius 1 is 1.16 bits per heavy atom. The van der Waals surface area contributed by atoms with E-state index < -0.39 is 0 Å². The zero-order valence-electron chi connectivity index (χ0n) is 14.6. The normalized spacial score (nSPS) is 11.3. The molecule has 0 aliphatic heterocycles. The Balaban J connectivity index is 2.14. The largest absolute Gasteiger partial charge is 0.359 e. The van der Waals surface area contributed by atoms with Gasteiger partial charge in [0.15, 0.2) is 0 Å². The second-order valence-electron chi connectivity index (χ2n) is 5.91. The van der Waals surface area contributed by atoms with Gasteiger partial charge >= 0.3 is 0 Å². The van der Waals surface area contributed by atoms with Gasteiger partial charge in [0.2, 0.25) is 5.91 Å². The van der Waals surface area contributed by atoms with Crippen LogP contribution in [0.15, 0.2) is 48.5 Å². The van der Waals surface area contributed by atoms with E-state index in [-0.39, 0.29) is 24.3 Å². The first kappa shape index (κ1) is 18.2. The highest BCUT2D eigenvalue weighted by molar-refractivity contribution is 5.95. The molecule has 0 fully saturated rings. The van der Waals surface area contributed by atoms with E-state index in [1.165, 1.54) is 0 Å². The predicted molar refractivity (Wildman–Crippen MR) is 96.8 cm³/mol. The topological polar surface area (TPSA) is 73.2 Å². The van der Waals surface area contributed by atoms with E-state index in [1.54, 1.807) is 37.2 Å². The van der Waals surface area contributed by atoms with E-state index in [0.717, 1.165) is 11.1 Å². The monoisotopic (exact) mass is 335 g/mol. The van der Waals surface area contributed by atoms with Crippen LogP contribution < -0.4 is 5.32 Å². The van der Waals surface area contributed by atoms with Crippen LogP contribution in [0.2, 0.25) is 0 Å². The Bertz CT molecular complexity index is 806. The maximum absolute atomic E-state index is 12.6. The van der Waals surface area contributed by atoms with Gasteiger partial charge in [-0.3, -0.25) is 9.59 Å². The number of hydrogen-bond acceptors (Lipinski definition) is 3. The lowest BCUT2D eigenvalue weighted by Gasteiger charge is -2.24. The zero-order chi connectivity index (χ0) is 18.4. The molecule has 0 saturated carbocycles. The molecular weight excluding hydrogens is 314 g/mol. The molecule has 128 valence electrons. The summed E-state index contributed by atoms with van der Waals surface area (Å²) in [7, 11) is 3.27. The second kappa shape index (κ2) is 8.11. The zero-order valence-corrected chi connectivity index (χ0v) is 14.6. The Morgan fingerprint density at radius 3 is 2.44 bits per heavy atom. The van der Waals surface area contributed by atoms with Gasteiger partial charge < -0.3 is 10.2 Å². The van der Waals surface area contributed by atoms with Crippen molar-refractivity contribution in [2.75, 3.05) is 14.1 Å². The molecule has 1 N–H and O–H groups in total. The molecule has 0 aromatic heterocycles. The lowest BCUT2D eigenvalue weighted by molar-refractivity contribution is -0.121. The number of amides is 2. The lowest BCUT2D eigenvalue weighted by atomic mass is 10.0. The minimum Gasteiger partial charge on any atom is -0.359 e. The fraction of sp³-hybridized carbons (Fsp3) is 0.250. The van der Waals surface area contributed by atoms with E-state index in [2.05, 4.69) is 11.4 Å². The summed E-state index contributed by atoms with van der Waals surface area (Å²) in [6.45, 7) is 1.84. The maximum atomic E-state index is 12.6. The molecule has 2 rings (SSSR count). The van der Waals surface area contributed by atoms with Crippen LogP contribution in [0.25, 0.3) is 11.1 Å². The standard InChI is InChI=1S/C20H21N3O2/c1-14(11-19(24)22-2)23(3)20(25)17-9-7-16(8-10-17)18-6-4-5-15(12-18)13-21/h4-10,12,14H,11H2,1-3H3,(H,22,24)/t14-/m0/s1. The predicted octanol–water partition coefficient (Wildman–Crippen LogP) is 2.82. The summed E-state index contributed by atoms with van der Waals surface area (Å²) in [6.07, 6.45) is 0.262. The molecule has 2 amide bonds. The Labute approximate surface area is 147 Å². The van der Waals surface area contributed by atoms with Gasteiger partial charge in [-0.2, -0.15) is 5.26 Å². The second-order valence-corrected chi connectivity index (χ2v) is 5.91. The lowest BCUT2D eigenvalue weighted by Crippen LogP contribution is -2.38. The third-order valence-electron chi connectivity index (χ3n) is 4.20. The quantitative estimate of drug-likeness (QED) is 0.913. The summed E-state index contributed by atoms with van der Waals surface area (Å²) in [5, 5.41) is 11.6. The van der Waals surface area contributed by atoms with Crippen LogP contribution in [0.3, 0.4) is 0 Å². The highest BCUT2D eigenvalue weighted by Gasteiger charge is 2.19. The molecule has 0 bridgehead atoms. The van der Waals surface area contributed by atoms with Crippen LogP contribution in [0, 0.1) is 11.3 Å². The molecule has 25 heavy (non-hydrogen) atoms. The number of benzene rings is 2. The van der Waals surface area contributed by atoms with E-state index in [9.17, 15) is 9.59 Å². The summed E-state index contributed by atoms with van der Waals surface area (Å²) in [5.41, 5.74) is 3.03. The fourth-order valence-electron chi connectivity index (χ4n) is 2.48. The van der Waals surface area contributed by atoms with Gasteiger partial charge in [0, 0.05) is 32.1 Å². The van der Waals surface area contributed by atoms with Crippen LogP contribution in [0.4, 0.5) is 0 Å². The minimum absolute atomic E-state index is 0.0973. The van der Waals surface area contributed by atoms with Crippen LogP contribution in [0.5, 0.6) is 0 Å². The molecule has 0 unspecified atom stereocenters. The third kappa shape index (κ3) is 4.45. The number of carbonyl (C=O) groups excluding carboxylic acids is 2. The summed E-state index contributed by atoms with van der Waals surface area (Å²) >= 11 is 0. The highest BCUT2D eigenvalue weighted by atomic mass is 16.2. The van der Waals surface area contributed by atoms with Crippen molar-refractivity contribution >= 4 is 11.8 Å². The Kier molecular flexibility index (Phi) is 5.91. The average Bonchev–Trinajstić information content (AvgIpc) is 2.66. The number of carbonyl (C=O) groups is 2. The smallest absolute Gasteiger partial charge is 0.253 e. The molecule has 0 radical (unpaired) electrons. The molecule has 5 heteroatoms. The van der Waals surface area contributed by atoms with Gasteiger partial charge in [0.05, 0.1) is 11.6 Å². The SMILES string of the molecule is CNC(=O)C[C@H](C)N(C)C(=O)c1ccc(-c2cccc(C#N)c2)cc1. The molecule has 5 nitrogen and oxygen atoms in total. The maximum Gasteiger partial charge on any atom is 0.253 e. The van der Waals surface area contributed by atoms with Gasteiger partial charge in [0.25, 0.3) is 5.91 Å². The third-order valence-corrected chi connectivity index (χ3v) is 4.20. The van der Waals surface area contributed by atoms with Gasteiger partial charge in [0.1, 0.15) is 0 Å². The fourth-order valence-corrected chi connectivity index (χ4v) is 2.48. The molecule has 0 heterocycles. The molecule has 0 aliphatic rings. The number of nitriles is 1. The van der Waals surface area contributed by atoms with Crippen molar-refractivity contribution < 1.29 is 9.59 Å². The van der Waals surface area contributed by atoms with Gasteiger partial charge in [-0.15, -0.1) is 0 Å². The Hall–Kier alpha value is -3.13. The van der Waals surface area contributed by atoms with Crippen LogP contribution in [-0.4, -0.2) is 36.9 Å². The van der Waals surface area contributed by atoms with E-state index >= 15 is 0 Å². The molecule has 2 aromatic carbocycles. The first-order valence-corrected chi connectivity index (χ1v) is 8.04. The number of nitrogens with one attached hydrogen (secondary N) is 1. The first-order valence-electron chi connectivity index (χ1n) is 8.04. The summed E-state index contributed by atoms with van der Waals surface area (Å²) in [4.78, 5) is 25.6. The van der Waals surface area contributed by atoms with Gasteiger partial charge in [-0.25, -0.2) is 0 Å². The van der Waals surface area contributed by atoms with Crippen molar-refractivity contribution in [2.24, 2.45) is 0 Å². The van der Waals surface area contributed by atoms with Crippen molar-refractivity contribution in [2.45, 2.75) is 19.4 Å².